The third-order valence-electron chi connectivity index (χ3n) is 4.19. The molecule has 1 aliphatic rings. The summed E-state index contributed by atoms with van der Waals surface area (Å²) >= 11 is 0. The van der Waals surface area contributed by atoms with Crippen LogP contribution < -0.4 is 10.1 Å². The second kappa shape index (κ2) is 5.81. The maximum atomic E-state index is 11.9. The van der Waals surface area contributed by atoms with E-state index < -0.39 is 0 Å². The minimum absolute atomic E-state index is 0.000362. The van der Waals surface area contributed by atoms with Crippen LogP contribution in [0.2, 0.25) is 0 Å². The van der Waals surface area contributed by atoms with Crippen LogP contribution in [0.25, 0.3) is 11.1 Å². The van der Waals surface area contributed by atoms with Gasteiger partial charge in [-0.25, -0.2) is 4.98 Å². The highest BCUT2D eigenvalue weighted by Gasteiger charge is 2.22. The van der Waals surface area contributed by atoms with Gasteiger partial charge in [0.2, 0.25) is 5.88 Å². The summed E-state index contributed by atoms with van der Waals surface area (Å²) in [5, 5.41) is 2.89. The van der Waals surface area contributed by atoms with Gasteiger partial charge in [-0.1, -0.05) is 24.3 Å². The number of ether oxygens (including phenoxy) is 1. The summed E-state index contributed by atoms with van der Waals surface area (Å²) < 4.78 is 5.78. The van der Waals surface area contributed by atoms with E-state index in [-0.39, 0.29) is 5.91 Å². The van der Waals surface area contributed by atoms with Crippen LogP contribution in [-0.2, 0) is 6.54 Å². The Morgan fingerprint density at radius 1 is 1.00 bits per heavy atom. The Morgan fingerprint density at radius 3 is 2.67 bits per heavy atom. The minimum atomic E-state index is -0.000362. The number of fused-ring (bicyclic) bond motifs is 1. The molecule has 1 aromatic heterocycles. The van der Waals surface area contributed by atoms with Crippen LogP contribution in [0.3, 0.4) is 0 Å². The first-order chi connectivity index (χ1) is 11.7. The van der Waals surface area contributed by atoms with Crippen LogP contribution in [0.1, 0.15) is 21.5 Å². The quantitative estimate of drug-likeness (QED) is 0.791. The van der Waals surface area contributed by atoms with Crippen molar-refractivity contribution in [3.05, 3.63) is 77.5 Å². The number of hydrogen-bond acceptors (Lipinski definition) is 3. The van der Waals surface area contributed by atoms with E-state index in [1.165, 1.54) is 0 Å². The van der Waals surface area contributed by atoms with Gasteiger partial charge in [0.15, 0.2) is 0 Å². The molecule has 118 valence electrons. The molecule has 1 amide bonds. The summed E-state index contributed by atoms with van der Waals surface area (Å²) in [6.45, 7) is 2.63. The maximum Gasteiger partial charge on any atom is 0.251 e. The van der Waals surface area contributed by atoms with Gasteiger partial charge in [0.25, 0.3) is 5.91 Å². The minimum Gasteiger partial charge on any atom is -0.439 e. The Balaban J connectivity index is 1.70. The zero-order valence-corrected chi connectivity index (χ0v) is 13.2. The monoisotopic (exact) mass is 316 g/mol. The number of aromatic nitrogens is 1. The van der Waals surface area contributed by atoms with E-state index in [1.54, 1.807) is 6.20 Å². The van der Waals surface area contributed by atoms with Crippen molar-refractivity contribution in [2.24, 2.45) is 0 Å². The molecule has 0 atom stereocenters. The molecule has 0 radical (unpaired) electrons. The predicted molar refractivity (Wildman–Crippen MR) is 92.1 cm³/mol. The lowest BCUT2D eigenvalue weighted by Gasteiger charge is -2.12. The Bertz CT molecular complexity index is 920. The van der Waals surface area contributed by atoms with E-state index in [0.29, 0.717) is 12.4 Å². The fourth-order valence-corrected chi connectivity index (χ4v) is 3.04. The van der Waals surface area contributed by atoms with Crippen molar-refractivity contribution in [1.82, 2.24) is 10.3 Å². The van der Waals surface area contributed by atoms with Gasteiger partial charge in [-0.3, -0.25) is 4.79 Å². The smallest absolute Gasteiger partial charge is 0.251 e. The van der Waals surface area contributed by atoms with Crippen LogP contribution >= 0.6 is 0 Å². The second-order valence-electron chi connectivity index (χ2n) is 5.76. The Labute approximate surface area is 140 Å². The standard InChI is InChI=1S/C20H16N2O2/c1-13-11-14(24-19-7-2-3-10-21-19)8-9-15(13)16-5-4-6-17-18(16)12-22-20(17)23/h2-11H,12H2,1H3,(H,22,23). The van der Waals surface area contributed by atoms with Gasteiger partial charge in [-0.05, 0) is 53.4 Å². The van der Waals surface area contributed by atoms with Crippen molar-refractivity contribution in [3.8, 4) is 22.8 Å². The number of aryl methyl sites for hydroxylation is 1. The van der Waals surface area contributed by atoms with Crippen molar-refractivity contribution in [3.63, 3.8) is 0 Å². The fraction of sp³-hybridized carbons (Fsp3) is 0.100. The topological polar surface area (TPSA) is 51.2 Å². The molecule has 3 aromatic rings. The first-order valence-electron chi connectivity index (χ1n) is 7.82. The molecule has 0 saturated heterocycles. The number of carbonyl (C=O) groups is 1. The van der Waals surface area contributed by atoms with Crippen LogP contribution in [-0.4, -0.2) is 10.9 Å². The molecule has 24 heavy (non-hydrogen) atoms. The van der Waals surface area contributed by atoms with Crippen molar-refractivity contribution >= 4 is 5.91 Å². The molecule has 4 rings (SSSR count). The summed E-state index contributed by atoms with van der Waals surface area (Å²) in [6.07, 6.45) is 1.70. The number of hydrogen-bond donors (Lipinski definition) is 1. The van der Waals surface area contributed by atoms with E-state index in [1.807, 2.05) is 55.5 Å². The number of nitrogens with zero attached hydrogens (tertiary/aromatic N) is 1. The lowest BCUT2D eigenvalue weighted by molar-refractivity contribution is 0.0966. The first-order valence-corrected chi connectivity index (χ1v) is 7.82. The molecule has 0 aliphatic carbocycles. The van der Waals surface area contributed by atoms with Crippen molar-refractivity contribution in [2.75, 3.05) is 0 Å². The Kier molecular flexibility index (Phi) is 3.50. The molecule has 0 spiro atoms. The van der Waals surface area contributed by atoms with E-state index in [0.717, 1.165) is 33.6 Å². The molecule has 0 saturated carbocycles. The second-order valence-corrected chi connectivity index (χ2v) is 5.76. The molecule has 2 heterocycles. The van der Waals surface area contributed by atoms with Gasteiger partial charge >= 0.3 is 0 Å². The van der Waals surface area contributed by atoms with Gasteiger partial charge in [-0.15, -0.1) is 0 Å². The van der Waals surface area contributed by atoms with E-state index in [2.05, 4.69) is 16.4 Å². The first kappa shape index (κ1) is 14.5. The molecule has 0 fully saturated rings. The molecule has 0 bridgehead atoms. The zero-order chi connectivity index (χ0) is 16.5. The van der Waals surface area contributed by atoms with E-state index >= 15 is 0 Å². The number of benzene rings is 2. The molecule has 4 heteroatoms. The summed E-state index contributed by atoms with van der Waals surface area (Å²) in [5.74, 6) is 1.32. The summed E-state index contributed by atoms with van der Waals surface area (Å²) in [6, 6.07) is 17.4. The van der Waals surface area contributed by atoms with Crippen LogP contribution in [0.5, 0.6) is 11.6 Å². The van der Waals surface area contributed by atoms with Gasteiger partial charge in [0, 0.05) is 24.4 Å². The molecule has 1 N–H and O–H groups in total. The van der Waals surface area contributed by atoms with Gasteiger partial charge < -0.3 is 10.1 Å². The molecule has 2 aromatic carbocycles. The number of amides is 1. The van der Waals surface area contributed by atoms with Crippen LogP contribution in [0.15, 0.2) is 60.8 Å². The van der Waals surface area contributed by atoms with Gasteiger partial charge in [0.1, 0.15) is 5.75 Å². The molecule has 4 nitrogen and oxygen atoms in total. The third kappa shape index (κ3) is 2.52. The number of carbonyl (C=O) groups excluding carboxylic acids is 1. The lowest BCUT2D eigenvalue weighted by Crippen LogP contribution is -2.12. The third-order valence-corrected chi connectivity index (χ3v) is 4.19. The summed E-state index contributed by atoms with van der Waals surface area (Å²) in [4.78, 5) is 16.0. The van der Waals surface area contributed by atoms with Gasteiger partial charge in [0.05, 0.1) is 0 Å². The molecule has 0 unspecified atom stereocenters. The molecule has 1 aliphatic heterocycles. The largest absolute Gasteiger partial charge is 0.439 e. The molecular formula is C20H16N2O2. The highest BCUT2D eigenvalue weighted by Crippen LogP contribution is 2.33. The number of pyridine rings is 1. The summed E-state index contributed by atoms with van der Waals surface area (Å²) in [5.41, 5.74) is 5.12. The van der Waals surface area contributed by atoms with Crippen molar-refractivity contribution in [2.45, 2.75) is 13.5 Å². The lowest BCUT2D eigenvalue weighted by atomic mass is 9.94. The maximum absolute atomic E-state index is 11.9. The van der Waals surface area contributed by atoms with E-state index in [4.69, 9.17) is 4.74 Å². The van der Waals surface area contributed by atoms with Crippen LogP contribution in [0.4, 0.5) is 0 Å². The average Bonchev–Trinajstić information content (AvgIpc) is 2.98. The SMILES string of the molecule is Cc1cc(Oc2ccccn2)ccc1-c1cccc2c1CNC2=O. The highest BCUT2D eigenvalue weighted by atomic mass is 16.5. The number of nitrogens with one attached hydrogen (secondary N) is 1. The predicted octanol–water partition coefficient (Wildman–Crippen LogP) is 4.09. The van der Waals surface area contributed by atoms with Gasteiger partial charge in [-0.2, -0.15) is 0 Å². The molecular weight excluding hydrogens is 300 g/mol. The Morgan fingerprint density at radius 2 is 1.88 bits per heavy atom. The van der Waals surface area contributed by atoms with E-state index in [9.17, 15) is 4.79 Å². The average molecular weight is 316 g/mol. The fourth-order valence-electron chi connectivity index (χ4n) is 3.04. The normalized spacial score (nSPS) is 12.6. The summed E-state index contributed by atoms with van der Waals surface area (Å²) in [7, 11) is 0. The van der Waals surface area contributed by atoms with Crippen molar-refractivity contribution in [1.29, 1.82) is 0 Å². The zero-order valence-electron chi connectivity index (χ0n) is 13.2. The Hall–Kier alpha value is -3.14. The van der Waals surface area contributed by atoms with Crippen LogP contribution in [0, 0.1) is 6.92 Å². The highest BCUT2D eigenvalue weighted by molar-refractivity contribution is 6.00. The number of rotatable bonds is 3. The van der Waals surface area contributed by atoms with Crippen molar-refractivity contribution < 1.29 is 9.53 Å².